The lowest BCUT2D eigenvalue weighted by Gasteiger charge is -2.30. The molecule has 0 aliphatic carbocycles. The zero-order chi connectivity index (χ0) is 20.2. The van der Waals surface area contributed by atoms with Gasteiger partial charge in [0, 0.05) is 48.1 Å². The first-order valence-corrected chi connectivity index (χ1v) is 10.5. The van der Waals surface area contributed by atoms with Gasteiger partial charge in [0.1, 0.15) is 19.0 Å². The van der Waals surface area contributed by atoms with E-state index in [0.29, 0.717) is 23.7 Å². The standard InChI is InChI=1S/C22H26ClN5O.2ClH/c1-2-21(22(29)17-3-5-18(23)6-4-17)28-16-27(15-25-28)20-9-7-19(8-10-20)26-13-11-24-12-14-26;;/h3-10,15,21,24H,2,11-14,16H2,1H3;2*1H. The summed E-state index contributed by atoms with van der Waals surface area (Å²) in [4.78, 5) is 17.4. The number of halogens is 3. The minimum Gasteiger partial charge on any atom is -0.369 e. The number of hydrogen-bond donors (Lipinski definition) is 1. The molecule has 0 aromatic heterocycles. The largest absolute Gasteiger partial charge is 0.369 e. The van der Waals surface area contributed by atoms with Gasteiger partial charge in [-0.3, -0.25) is 9.80 Å². The van der Waals surface area contributed by atoms with Gasteiger partial charge in [0.15, 0.2) is 5.78 Å². The molecular formula is C22H28Cl3N5O. The van der Waals surface area contributed by atoms with Crippen LogP contribution >= 0.6 is 36.4 Å². The Bertz CT molecular complexity index is 870. The van der Waals surface area contributed by atoms with Crippen LogP contribution in [0.15, 0.2) is 53.6 Å². The highest BCUT2D eigenvalue weighted by Crippen LogP contribution is 2.24. The molecule has 4 rings (SSSR count). The van der Waals surface area contributed by atoms with Crippen molar-refractivity contribution in [2.75, 3.05) is 42.6 Å². The predicted octanol–water partition coefficient (Wildman–Crippen LogP) is 4.28. The van der Waals surface area contributed by atoms with Gasteiger partial charge in [-0.25, -0.2) is 0 Å². The molecule has 0 amide bonds. The fourth-order valence-electron chi connectivity index (χ4n) is 3.80. The molecule has 2 aliphatic heterocycles. The Labute approximate surface area is 201 Å². The molecule has 1 saturated heterocycles. The van der Waals surface area contributed by atoms with Crippen LogP contribution in [0.1, 0.15) is 23.7 Å². The summed E-state index contributed by atoms with van der Waals surface area (Å²) in [5.74, 6) is 0.0669. The summed E-state index contributed by atoms with van der Waals surface area (Å²) in [5.41, 5.74) is 2.98. The smallest absolute Gasteiger partial charge is 0.186 e. The van der Waals surface area contributed by atoms with E-state index in [2.05, 4.69) is 44.5 Å². The normalized spacial score (nSPS) is 16.5. The van der Waals surface area contributed by atoms with E-state index < -0.39 is 0 Å². The highest BCUT2D eigenvalue weighted by Gasteiger charge is 2.28. The predicted molar refractivity (Wildman–Crippen MR) is 134 cm³/mol. The van der Waals surface area contributed by atoms with Crippen molar-refractivity contribution >= 4 is 59.9 Å². The topological polar surface area (TPSA) is 51.2 Å². The molecule has 1 unspecified atom stereocenters. The molecule has 0 saturated carbocycles. The second kappa shape index (κ2) is 11.6. The van der Waals surface area contributed by atoms with Crippen molar-refractivity contribution < 1.29 is 4.79 Å². The molecule has 0 radical (unpaired) electrons. The van der Waals surface area contributed by atoms with Crippen molar-refractivity contribution in [3.05, 3.63) is 59.1 Å². The van der Waals surface area contributed by atoms with Gasteiger partial charge in [-0.2, -0.15) is 5.10 Å². The average molecular weight is 485 g/mol. The SMILES string of the molecule is CCC(C(=O)c1ccc(Cl)cc1)N1CN(c2ccc(N3CCNCC3)cc2)C=N1.Cl.Cl. The lowest BCUT2D eigenvalue weighted by molar-refractivity contribution is 0.0832. The minimum absolute atomic E-state index is 0. The van der Waals surface area contributed by atoms with Gasteiger partial charge in [0.2, 0.25) is 0 Å². The third-order valence-electron chi connectivity index (χ3n) is 5.48. The fraction of sp³-hybridized carbons (Fsp3) is 0.364. The zero-order valence-electron chi connectivity index (χ0n) is 17.4. The van der Waals surface area contributed by atoms with Crippen LogP contribution < -0.4 is 15.1 Å². The molecule has 2 heterocycles. The number of carbonyl (C=O) groups excluding carboxylic acids is 1. The summed E-state index contributed by atoms with van der Waals surface area (Å²) in [6.45, 7) is 6.68. The van der Waals surface area contributed by atoms with Crippen molar-refractivity contribution in [2.45, 2.75) is 19.4 Å². The maximum atomic E-state index is 12.9. The van der Waals surface area contributed by atoms with Gasteiger partial charge < -0.3 is 15.1 Å². The first-order chi connectivity index (χ1) is 14.2. The summed E-state index contributed by atoms with van der Waals surface area (Å²) in [5, 5.41) is 10.4. The van der Waals surface area contributed by atoms with Gasteiger partial charge in [0.25, 0.3) is 0 Å². The van der Waals surface area contributed by atoms with Crippen LogP contribution in [0.4, 0.5) is 11.4 Å². The quantitative estimate of drug-likeness (QED) is 0.620. The molecule has 1 atom stereocenters. The molecule has 9 heteroatoms. The van der Waals surface area contributed by atoms with E-state index in [0.717, 1.165) is 31.9 Å². The molecule has 6 nitrogen and oxygen atoms in total. The maximum Gasteiger partial charge on any atom is 0.186 e. The summed E-state index contributed by atoms with van der Waals surface area (Å²) in [6, 6.07) is 15.3. The zero-order valence-corrected chi connectivity index (χ0v) is 19.8. The molecule has 31 heavy (non-hydrogen) atoms. The molecule has 2 aromatic carbocycles. The number of Topliss-reactive ketones (excluding diaryl/α,β-unsaturated/α-hetero) is 1. The van der Waals surface area contributed by atoms with Crippen LogP contribution in [-0.2, 0) is 0 Å². The van der Waals surface area contributed by atoms with Crippen molar-refractivity contribution in [3.63, 3.8) is 0 Å². The fourth-order valence-corrected chi connectivity index (χ4v) is 3.93. The van der Waals surface area contributed by atoms with Crippen molar-refractivity contribution in [1.82, 2.24) is 10.3 Å². The van der Waals surface area contributed by atoms with E-state index in [1.165, 1.54) is 5.69 Å². The van der Waals surface area contributed by atoms with Gasteiger partial charge >= 0.3 is 0 Å². The first-order valence-electron chi connectivity index (χ1n) is 10.1. The number of piperazine rings is 1. The Kier molecular flexibility index (Phi) is 9.44. The van der Waals surface area contributed by atoms with Gasteiger partial charge in [0.05, 0.1) is 0 Å². The third kappa shape index (κ3) is 5.83. The number of rotatable bonds is 6. The summed E-state index contributed by atoms with van der Waals surface area (Å²) < 4.78 is 0. The molecule has 1 fully saturated rings. The van der Waals surface area contributed by atoms with Crippen LogP contribution in [0.25, 0.3) is 0 Å². The van der Waals surface area contributed by atoms with Crippen LogP contribution in [0.2, 0.25) is 5.02 Å². The van der Waals surface area contributed by atoms with E-state index >= 15 is 0 Å². The molecule has 0 bridgehead atoms. The van der Waals surface area contributed by atoms with E-state index in [1.807, 2.05) is 11.9 Å². The van der Waals surface area contributed by atoms with Crippen LogP contribution in [0.3, 0.4) is 0 Å². The summed E-state index contributed by atoms with van der Waals surface area (Å²) in [6.07, 6.45) is 2.49. The monoisotopic (exact) mass is 483 g/mol. The Balaban J connectivity index is 0.00000171. The maximum absolute atomic E-state index is 12.9. The van der Waals surface area contributed by atoms with Gasteiger partial charge in [-0.1, -0.05) is 18.5 Å². The Morgan fingerprint density at radius 3 is 2.26 bits per heavy atom. The number of carbonyl (C=O) groups is 1. The van der Waals surface area contributed by atoms with Crippen molar-refractivity contribution in [2.24, 2.45) is 5.10 Å². The number of benzene rings is 2. The molecule has 0 spiro atoms. The molecule has 168 valence electrons. The molecule has 2 aromatic rings. The number of anilines is 2. The number of nitrogens with one attached hydrogen (secondary N) is 1. The van der Waals surface area contributed by atoms with Crippen molar-refractivity contribution in [1.29, 1.82) is 0 Å². The number of hydrazone groups is 1. The second-order valence-corrected chi connectivity index (χ2v) is 7.77. The second-order valence-electron chi connectivity index (χ2n) is 7.33. The Morgan fingerprint density at radius 2 is 1.65 bits per heavy atom. The van der Waals surface area contributed by atoms with Crippen LogP contribution in [-0.4, -0.2) is 56.0 Å². The van der Waals surface area contributed by atoms with Crippen LogP contribution in [0, 0.1) is 0 Å². The van der Waals surface area contributed by atoms with E-state index in [-0.39, 0.29) is 36.6 Å². The van der Waals surface area contributed by atoms with Crippen molar-refractivity contribution in [3.8, 4) is 0 Å². The van der Waals surface area contributed by atoms with Crippen LogP contribution in [0.5, 0.6) is 0 Å². The van der Waals surface area contributed by atoms with E-state index in [1.54, 1.807) is 30.6 Å². The third-order valence-corrected chi connectivity index (χ3v) is 5.73. The Morgan fingerprint density at radius 1 is 1.03 bits per heavy atom. The lowest BCUT2D eigenvalue weighted by atomic mass is 10.0. The highest BCUT2D eigenvalue weighted by molar-refractivity contribution is 6.30. The van der Waals surface area contributed by atoms with Gasteiger partial charge in [-0.05, 0) is 55.0 Å². The summed E-state index contributed by atoms with van der Waals surface area (Å²) in [7, 11) is 0. The van der Waals surface area contributed by atoms with Gasteiger partial charge in [-0.15, -0.1) is 24.8 Å². The molecule has 2 aliphatic rings. The minimum atomic E-state index is -0.294. The average Bonchev–Trinajstić information content (AvgIpc) is 3.25. The number of ketones is 1. The van der Waals surface area contributed by atoms with E-state index in [9.17, 15) is 4.79 Å². The number of hydrogen-bond acceptors (Lipinski definition) is 6. The Hall–Kier alpha value is -1.99. The first kappa shape index (κ1) is 25.3. The molecular weight excluding hydrogens is 457 g/mol. The van der Waals surface area contributed by atoms with E-state index in [4.69, 9.17) is 11.6 Å². The number of nitrogens with zero attached hydrogens (tertiary/aromatic N) is 4. The highest BCUT2D eigenvalue weighted by atomic mass is 35.5. The molecule has 1 N–H and O–H groups in total. The lowest BCUT2D eigenvalue weighted by Crippen LogP contribution is -2.43. The summed E-state index contributed by atoms with van der Waals surface area (Å²) >= 11 is 5.95.